The Kier molecular flexibility index (Phi) is 5.79. The van der Waals surface area contributed by atoms with E-state index in [1.165, 1.54) is 11.4 Å². The fraction of sp³-hybridized carbons (Fsp3) is 0.545. The summed E-state index contributed by atoms with van der Waals surface area (Å²) in [4.78, 5) is 13.9. The van der Waals surface area contributed by atoms with E-state index in [4.69, 9.17) is 15.4 Å². The van der Waals surface area contributed by atoms with Gasteiger partial charge in [-0.15, -0.1) is 11.3 Å². The molecule has 19 heavy (non-hydrogen) atoms. The molecule has 0 fully saturated rings. The van der Waals surface area contributed by atoms with Crippen molar-refractivity contribution in [2.24, 2.45) is 0 Å². The molecule has 8 heteroatoms. The minimum Gasteiger partial charge on any atom is -0.383 e. The summed E-state index contributed by atoms with van der Waals surface area (Å²) in [7, 11) is 3.02. The largest absolute Gasteiger partial charge is 0.383 e. The summed E-state index contributed by atoms with van der Waals surface area (Å²) >= 11 is 0.939. The van der Waals surface area contributed by atoms with E-state index >= 15 is 0 Å². The molecule has 0 saturated carbocycles. The number of thiophene rings is 1. The van der Waals surface area contributed by atoms with Gasteiger partial charge < -0.3 is 9.64 Å². The summed E-state index contributed by atoms with van der Waals surface area (Å²) < 4.78 is 27.4. The minimum atomic E-state index is -3.78. The van der Waals surface area contributed by atoms with Gasteiger partial charge in [0, 0.05) is 29.7 Å². The van der Waals surface area contributed by atoms with Gasteiger partial charge in [-0.05, 0) is 19.9 Å². The number of halogens is 1. The lowest BCUT2D eigenvalue weighted by Crippen LogP contribution is -2.40. The molecule has 0 radical (unpaired) electrons. The van der Waals surface area contributed by atoms with Crippen molar-refractivity contribution in [1.82, 2.24) is 4.90 Å². The summed E-state index contributed by atoms with van der Waals surface area (Å²) in [5, 5.41) is 1.50. The van der Waals surface area contributed by atoms with Crippen molar-refractivity contribution in [2.45, 2.75) is 24.1 Å². The van der Waals surface area contributed by atoms with Gasteiger partial charge in [-0.3, -0.25) is 4.79 Å². The Hall–Kier alpha value is -0.630. The topological polar surface area (TPSA) is 63.7 Å². The molecule has 1 heterocycles. The molecule has 1 amide bonds. The highest BCUT2D eigenvalue weighted by Crippen LogP contribution is 2.24. The zero-order valence-electron chi connectivity index (χ0n) is 10.9. The number of hydrogen-bond acceptors (Lipinski definition) is 5. The molecular weight excluding hydrogens is 310 g/mol. The van der Waals surface area contributed by atoms with Crippen LogP contribution in [0.2, 0.25) is 0 Å². The fourth-order valence-electron chi connectivity index (χ4n) is 1.71. The highest BCUT2D eigenvalue weighted by atomic mass is 35.7. The molecule has 0 bridgehead atoms. The number of methoxy groups -OCH3 is 1. The zero-order valence-corrected chi connectivity index (χ0v) is 13.3. The number of rotatable bonds is 6. The normalized spacial score (nSPS) is 13.3. The van der Waals surface area contributed by atoms with Crippen molar-refractivity contribution >= 4 is 37.0 Å². The van der Waals surface area contributed by atoms with Crippen molar-refractivity contribution in [3.05, 3.63) is 17.0 Å². The Morgan fingerprint density at radius 2 is 2.21 bits per heavy atom. The third-order valence-electron chi connectivity index (χ3n) is 2.60. The lowest BCUT2D eigenvalue weighted by Gasteiger charge is -2.27. The molecule has 0 aromatic carbocycles. The van der Waals surface area contributed by atoms with Crippen LogP contribution in [-0.2, 0) is 13.8 Å². The van der Waals surface area contributed by atoms with Gasteiger partial charge in [0.05, 0.1) is 18.2 Å². The Morgan fingerprint density at radius 1 is 1.58 bits per heavy atom. The SMILES string of the molecule is CCN(C(=O)c1csc(S(=O)(=O)Cl)c1)C(C)COC. The monoisotopic (exact) mass is 325 g/mol. The third kappa shape index (κ3) is 4.17. The van der Waals surface area contributed by atoms with Gasteiger partial charge in [-0.1, -0.05) is 0 Å². The average Bonchev–Trinajstić information content (AvgIpc) is 2.78. The number of amides is 1. The molecular formula is C11H16ClNO4S2. The first-order valence-electron chi connectivity index (χ1n) is 5.64. The van der Waals surface area contributed by atoms with E-state index in [9.17, 15) is 13.2 Å². The fourth-order valence-corrected chi connectivity index (χ4v) is 3.65. The van der Waals surface area contributed by atoms with Crippen LogP contribution in [0.5, 0.6) is 0 Å². The van der Waals surface area contributed by atoms with E-state index in [0.29, 0.717) is 18.7 Å². The second-order valence-corrected chi connectivity index (χ2v) is 7.69. The summed E-state index contributed by atoms with van der Waals surface area (Å²) in [6.07, 6.45) is 0. The molecule has 1 rings (SSSR count). The quantitative estimate of drug-likeness (QED) is 0.752. The summed E-state index contributed by atoms with van der Waals surface area (Å²) in [6.45, 7) is 4.67. The zero-order chi connectivity index (χ0) is 14.6. The molecule has 5 nitrogen and oxygen atoms in total. The van der Waals surface area contributed by atoms with E-state index in [1.54, 1.807) is 12.0 Å². The lowest BCUT2D eigenvalue weighted by atomic mass is 10.2. The predicted octanol–water partition coefficient (Wildman–Crippen LogP) is 2.17. The second-order valence-electron chi connectivity index (χ2n) is 3.99. The van der Waals surface area contributed by atoms with Crippen LogP contribution < -0.4 is 0 Å². The smallest absolute Gasteiger partial charge is 0.270 e. The maximum atomic E-state index is 12.3. The van der Waals surface area contributed by atoms with Crippen LogP contribution >= 0.6 is 22.0 Å². The standard InChI is InChI=1S/C11H16ClNO4S2/c1-4-13(8(2)6-17-3)11(14)9-5-10(18-7-9)19(12,15)16/h5,7-8H,4,6H2,1-3H3. The van der Waals surface area contributed by atoms with Gasteiger partial charge in [0.1, 0.15) is 4.21 Å². The molecule has 1 aromatic heterocycles. The van der Waals surface area contributed by atoms with Gasteiger partial charge in [0.15, 0.2) is 0 Å². The molecule has 0 spiro atoms. The molecule has 1 unspecified atom stereocenters. The number of carbonyl (C=O) groups excluding carboxylic acids is 1. The molecule has 1 aromatic rings. The Balaban J connectivity index is 2.95. The first-order valence-corrected chi connectivity index (χ1v) is 8.83. The van der Waals surface area contributed by atoms with Crippen molar-refractivity contribution in [3.63, 3.8) is 0 Å². The van der Waals surface area contributed by atoms with Crippen LogP contribution in [0.15, 0.2) is 15.7 Å². The highest BCUT2D eigenvalue weighted by molar-refractivity contribution is 8.15. The maximum Gasteiger partial charge on any atom is 0.270 e. The summed E-state index contributed by atoms with van der Waals surface area (Å²) in [5.74, 6) is -0.227. The molecule has 0 aliphatic heterocycles. The van der Waals surface area contributed by atoms with E-state index in [-0.39, 0.29) is 16.2 Å². The first-order chi connectivity index (χ1) is 8.81. The number of likely N-dealkylation sites (N-methyl/N-ethyl adjacent to an activating group) is 1. The molecule has 0 saturated heterocycles. The van der Waals surface area contributed by atoms with E-state index in [1.807, 2.05) is 13.8 Å². The third-order valence-corrected chi connectivity index (χ3v) is 5.64. The molecule has 1 atom stereocenters. The molecule has 0 N–H and O–H groups in total. The second kappa shape index (κ2) is 6.69. The van der Waals surface area contributed by atoms with Crippen LogP contribution in [0.1, 0.15) is 24.2 Å². The van der Waals surface area contributed by atoms with Crippen molar-refractivity contribution in [2.75, 3.05) is 20.3 Å². The first kappa shape index (κ1) is 16.4. The van der Waals surface area contributed by atoms with E-state index in [0.717, 1.165) is 11.3 Å². The Labute approximate surface area is 121 Å². The number of hydrogen-bond donors (Lipinski definition) is 0. The van der Waals surface area contributed by atoms with Crippen molar-refractivity contribution < 1.29 is 17.9 Å². The number of carbonyl (C=O) groups is 1. The predicted molar refractivity (Wildman–Crippen MR) is 75.4 cm³/mol. The molecule has 0 aliphatic rings. The van der Waals surface area contributed by atoms with E-state index < -0.39 is 9.05 Å². The van der Waals surface area contributed by atoms with Crippen molar-refractivity contribution in [1.29, 1.82) is 0 Å². The van der Waals surface area contributed by atoms with Crippen LogP contribution in [0, 0.1) is 0 Å². The van der Waals surface area contributed by atoms with Crippen LogP contribution in [0.4, 0.5) is 0 Å². The lowest BCUT2D eigenvalue weighted by molar-refractivity contribution is 0.0579. The summed E-state index contributed by atoms with van der Waals surface area (Å²) in [5.41, 5.74) is 0.328. The van der Waals surface area contributed by atoms with E-state index in [2.05, 4.69) is 0 Å². The van der Waals surface area contributed by atoms with Gasteiger partial charge in [-0.2, -0.15) is 0 Å². The van der Waals surface area contributed by atoms with Crippen LogP contribution in [0.25, 0.3) is 0 Å². The summed E-state index contributed by atoms with van der Waals surface area (Å²) in [6, 6.07) is 1.22. The number of ether oxygens (including phenoxy) is 1. The van der Waals surface area contributed by atoms with Crippen LogP contribution in [0.3, 0.4) is 0 Å². The molecule has 108 valence electrons. The van der Waals surface area contributed by atoms with Gasteiger partial charge in [0.25, 0.3) is 15.0 Å². The molecule has 0 aliphatic carbocycles. The van der Waals surface area contributed by atoms with Gasteiger partial charge >= 0.3 is 0 Å². The minimum absolute atomic E-state index is 0.0204. The van der Waals surface area contributed by atoms with Gasteiger partial charge in [-0.25, -0.2) is 8.42 Å². The van der Waals surface area contributed by atoms with Crippen LogP contribution in [-0.4, -0.2) is 45.5 Å². The highest BCUT2D eigenvalue weighted by Gasteiger charge is 2.23. The maximum absolute atomic E-state index is 12.3. The Bertz CT molecular complexity index is 541. The average molecular weight is 326 g/mol. The van der Waals surface area contributed by atoms with Crippen molar-refractivity contribution in [3.8, 4) is 0 Å². The van der Waals surface area contributed by atoms with Gasteiger partial charge in [0.2, 0.25) is 0 Å². The number of nitrogens with zero attached hydrogens (tertiary/aromatic N) is 1. The Morgan fingerprint density at radius 3 is 2.63 bits per heavy atom.